The van der Waals surface area contributed by atoms with Crippen LogP contribution in [0.4, 0.5) is 5.82 Å². The molecule has 1 amide bonds. The van der Waals surface area contributed by atoms with E-state index in [1.807, 2.05) is 60.2 Å². The first kappa shape index (κ1) is 16.5. The zero-order chi connectivity index (χ0) is 16.9. The van der Waals surface area contributed by atoms with E-state index in [0.29, 0.717) is 13.0 Å². The van der Waals surface area contributed by atoms with Crippen molar-refractivity contribution >= 4 is 11.7 Å². The maximum absolute atomic E-state index is 12.5. The summed E-state index contributed by atoms with van der Waals surface area (Å²) >= 11 is 0. The van der Waals surface area contributed by atoms with Crippen molar-refractivity contribution in [3.63, 3.8) is 0 Å². The van der Waals surface area contributed by atoms with E-state index in [1.165, 1.54) is 0 Å². The van der Waals surface area contributed by atoms with Crippen LogP contribution in [-0.2, 0) is 11.3 Å². The highest BCUT2D eigenvalue weighted by molar-refractivity contribution is 5.76. The Bertz CT molecular complexity index is 669. The van der Waals surface area contributed by atoms with Gasteiger partial charge in [0.1, 0.15) is 5.82 Å². The van der Waals surface area contributed by atoms with Crippen molar-refractivity contribution in [2.45, 2.75) is 38.8 Å². The van der Waals surface area contributed by atoms with E-state index < -0.39 is 0 Å². The SMILES string of the molecule is Cc1ccn(CCC(=O)N(C)[C@H]2CCCN(c3ccccn3)C2)n1. The summed E-state index contributed by atoms with van der Waals surface area (Å²) in [6.45, 7) is 4.44. The molecule has 2 aromatic heterocycles. The highest BCUT2D eigenvalue weighted by atomic mass is 16.2. The summed E-state index contributed by atoms with van der Waals surface area (Å²) in [4.78, 5) is 21.1. The van der Waals surface area contributed by atoms with Crippen molar-refractivity contribution in [3.8, 4) is 0 Å². The van der Waals surface area contributed by atoms with E-state index in [1.54, 1.807) is 0 Å². The largest absolute Gasteiger partial charge is 0.355 e. The molecule has 1 atom stereocenters. The fraction of sp³-hybridized carbons (Fsp3) is 0.500. The number of pyridine rings is 1. The van der Waals surface area contributed by atoms with Crippen LogP contribution >= 0.6 is 0 Å². The number of aryl methyl sites for hydroxylation is 2. The molecule has 1 saturated heterocycles. The summed E-state index contributed by atoms with van der Waals surface area (Å²) < 4.78 is 1.84. The van der Waals surface area contributed by atoms with Crippen LogP contribution in [0.1, 0.15) is 25.0 Å². The number of rotatable bonds is 5. The maximum atomic E-state index is 12.5. The Morgan fingerprint density at radius 2 is 2.25 bits per heavy atom. The molecule has 0 unspecified atom stereocenters. The van der Waals surface area contributed by atoms with Crippen molar-refractivity contribution in [2.24, 2.45) is 0 Å². The molecule has 1 aliphatic rings. The molecular weight excluding hydrogens is 302 g/mol. The summed E-state index contributed by atoms with van der Waals surface area (Å²) in [7, 11) is 1.92. The average Bonchev–Trinajstić information content (AvgIpc) is 3.05. The predicted molar refractivity (Wildman–Crippen MR) is 93.8 cm³/mol. The van der Waals surface area contributed by atoms with Gasteiger partial charge in [0.25, 0.3) is 0 Å². The van der Waals surface area contributed by atoms with Crippen molar-refractivity contribution in [3.05, 3.63) is 42.4 Å². The smallest absolute Gasteiger partial charge is 0.224 e. The molecule has 24 heavy (non-hydrogen) atoms. The van der Waals surface area contributed by atoms with Gasteiger partial charge in [-0.25, -0.2) is 4.98 Å². The molecule has 0 N–H and O–H groups in total. The molecule has 3 rings (SSSR count). The summed E-state index contributed by atoms with van der Waals surface area (Å²) in [6, 6.07) is 8.17. The van der Waals surface area contributed by atoms with E-state index in [4.69, 9.17) is 0 Å². The highest BCUT2D eigenvalue weighted by Crippen LogP contribution is 2.20. The first-order chi connectivity index (χ1) is 11.6. The van der Waals surface area contributed by atoms with Crippen molar-refractivity contribution < 1.29 is 4.79 Å². The van der Waals surface area contributed by atoms with Crippen LogP contribution in [0.15, 0.2) is 36.7 Å². The summed E-state index contributed by atoms with van der Waals surface area (Å²) in [5.74, 6) is 1.17. The summed E-state index contributed by atoms with van der Waals surface area (Å²) in [5.41, 5.74) is 0.981. The molecule has 0 aliphatic carbocycles. The van der Waals surface area contributed by atoms with Gasteiger partial charge >= 0.3 is 0 Å². The van der Waals surface area contributed by atoms with E-state index >= 15 is 0 Å². The molecule has 0 bridgehead atoms. The van der Waals surface area contributed by atoms with Gasteiger partial charge in [-0.15, -0.1) is 0 Å². The molecule has 1 aliphatic heterocycles. The third-order valence-corrected chi connectivity index (χ3v) is 4.64. The van der Waals surface area contributed by atoms with Gasteiger partial charge < -0.3 is 9.80 Å². The van der Waals surface area contributed by atoms with Crippen LogP contribution in [0.25, 0.3) is 0 Å². The van der Waals surface area contributed by atoms with Crippen LogP contribution in [0.3, 0.4) is 0 Å². The molecule has 0 saturated carbocycles. The Balaban J connectivity index is 1.55. The van der Waals surface area contributed by atoms with Gasteiger partial charge in [-0.3, -0.25) is 9.48 Å². The van der Waals surface area contributed by atoms with Gasteiger partial charge in [-0.2, -0.15) is 5.10 Å². The zero-order valence-corrected chi connectivity index (χ0v) is 14.4. The number of nitrogens with zero attached hydrogens (tertiary/aromatic N) is 5. The second-order valence-electron chi connectivity index (χ2n) is 6.40. The Morgan fingerprint density at radius 1 is 1.38 bits per heavy atom. The molecule has 6 nitrogen and oxygen atoms in total. The van der Waals surface area contributed by atoms with E-state index in [0.717, 1.165) is 37.4 Å². The topological polar surface area (TPSA) is 54.3 Å². The van der Waals surface area contributed by atoms with Crippen molar-refractivity contribution in [2.75, 3.05) is 25.0 Å². The quantitative estimate of drug-likeness (QED) is 0.844. The Morgan fingerprint density at radius 3 is 2.96 bits per heavy atom. The Labute approximate surface area is 143 Å². The number of anilines is 1. The predicted octanol–water partition coefficient (Wildman–Crippen LogP) is 2.10. The van der Waals surface area contributed by atoms with Crippen LogP contribution < -0.4 is 4.90 Å². The standard InChI is InChI=1S/C18H25N5O/c1-15-8-12-23(20-15)13-9-18(24)21(2)16-6-5-11-22(14-16)17-7-3-4-10-19-17/h3-4,7-8,10,12,16H,5-6,9,11,13-14H2,1-2H3/t16-/m0/s1. The van der Waals surface area contributed by atoms with Crippen LogP contribution in [0.2, 0.25) is 0 Å². The fourth-order valence-electron chi connectivity index (χ4n) is 3.20. The van der Waals surface area contributed by atoms with E-state index in [2.05, 4.69) is 15.0 Å². The van der Waals surface area contributed by atoms with Crippen molar-refractivity contribution in [1.82, 2.24) is 19.7 Å². The molecular formula is C18H25N5O. The van der Waals surface area contributed by atoms with Gasteiger partial charge in [0, 0.05) is 51.5 Å². The lowest BCUT2D eigenvalue weighted by atomic mass is 10.0. The van der Waals surface area contributed by atoms with Crippen LogP contribution in [0, 0.1) is 6.92 Å². The van der Waals surface area contributed by atoms with Gasteiger partial charge in [0.05, 0.1) is 5.69 Å². The van der Waals surface area contributed by atoms with Crippen LogP contribution in [0.5, 0.6) is 0 Å². The summed E-state index contributed by atoms with van der Waals surface area (Å²) in [6.07, 6.45) is 6.35. The molecule has 0 aromatic carbocycles. The van der Waals surface area contributed by atoms with Gasteiger partial charge in [-0.1, -0.05) is 6.07 Å². The van der Waals surface area contributed by atoms with Gasteiger partial charge in [0.15, 0.2) is 0 Å². The second kappa shape index (κ2) is 7.47. The normalized spacial score (nSPS) is 17.8. The molecule has 3 heterocycles. The molecule has 0 spiro atoms. The average molecular weight is 327 g/mol. The fourth-order valence-corrected chi connectivity index (χ4v) is 3.20. The Hall–Kier alpha value is -2.37. The number of aromatic nitrogens is 3. The lowest BCUT2D eigenvalue weighted by Gasteiger charge is -2.38. The number of hydrogen-bond donors (Lipinski definition) is 0. The third-order valence-electron chi connectivity index (χ3n) is 4.64. The lowest BCUT2D eigenvalue weighted by Crippen LogP contribution is -2.49. The molecule has 128 valence electrons. The molecule has 6 heteroatoms. The minimum absolute atomic E-state index is 0.177. The zero-order valence-electron chi connectivity index (χ0n) is 14.4. The minimum Gasteiger partial charge on any atom is -0.355 e. The Kier molecular flexibility index (Phi) is 5.13. The van der Waals surface area contributed by atoms with E-state index in [9.17, 15) is 4.79 Å². The molecule has 1 fully saturated rings. The number of carbonyl (C=O) groups is 1. The maximum Gasteiger partial charge on any atom is 0.224 e. The molecule has 2 aromatic rings. The number of likely N-dealkylation sites (N-methyl/N-ethyl adjacent to an activating group) is 1. The van der Waals surface area contributed by atoms with Crippen LogP contribution in [-0.4, -0.2) is 51.8 Å². The number of hydrogen-bond acceptors (Lipinski definition) is 4. The summed E-state index contributed by atoms with van der Waals surface area (Å²) in [5, 5.41) is 4.34. The second-order valence-corrected chi connectivity index (χ2v) is 6.40. The number of piperidine rings is 1. The molecule has 0 radical (unpaired) electrons. The highest BCUT2D eigenvalue weighted by Gasteiger charge is 2.26. The third kappa shape index (κ3) is 3.93. The first-order valence-electron chi connectivity index (χ1n) is 8.55. The number of amides is 1. The monoisotopic (exact) mass is 327 g/mol. The minimum atomic E-state index is 0.177. The van der Waals surface area contributed by atoms with Gasteiger partial charge in [0.2, 0.25) is 5.91 Å². The first-order valence-corrected chi connectivity index (χ1v) is 8.55. The number of carbonyl (C=O) groups excluding carboxylic acids is 1. The van der Waals surface area contributed by atoms with E-state index in [-0.39, 0.29) is 11.9 Å². The van der Waals surface area contributed by atoms with Gasteiger partial charge in [-0.05, 0) is 38.0 Å². The van der Waals surface area contributed by atoms with Crippen molar-refractivity contribution in [1.29, 1.82) is 0 Å². The lowest BCUT2D eigenvalue weighted by molar-refractivity contribution is -0.132.